The molecule has 6 bridgehead atoms. The molecule has 4 rings (SSSR count). The lowest BCUT2D eigenvalue weighted by Gasteiger charge is -2.17. The Kier molecular flexibility index (Phi) is 5.24. The Labute approximate surface area is 158 Å². The number of rotatable bonds is 0. The molecule has 0 saturated heterocycles. The van der Waals surface area contributed by atoms with E-state index >= 15 is 0 Å². The molecule has 3 heterocycles. The van der Waals surface area contributed by atoms with Crippen molar-refractivity contribution in [3.8, 4) is 0 Å². The maximum atomic E-state index is 12.0. The summed E-state index contributed by atoms with van der Waals surface area (Å²) in [6, 6.07) is 8.00. The fraction of sp³-hybridized carbons (Fsp3) is 0.526. The second-order valence-corrected chi connectivity index (χ2v) is 7.40. The van der Waals surface area contributed by atoms with Crippen molar-refractivity contribution >= 4 is 17.7 Å². The van der Waals surface area contributed by atoms with Gasteiger partial charge in [0.15, 0.2) is 5.82 Å². The van der Waals surface area contributed by atoms with Gasteiger partial charge in [-0.05, 0) is 51.4 Å². The molecule has 0 radical (unpaired) electrons. The summed E-state index contributed by atoms with van der Waals surface area (Å²) in [7, 11) is 2.05. The van der Waals surface area contributed by atoms with Crippen LogP contribution in [0.25, 0.3) is 0 Å². The summed E-state index contributed by atoms with van der Waals surface area (Å²) in [6.45, 7) is 2.22. The van der Waals surface area contributed by atoms with Gasteiger partial charge < -0.3 is 20.3 Å². The number of nitrogens with zero attached hydrogens (tertiary/aromatic N) is 3. The first-order chi connectivity index (χ1) is 13.2. The molecular weight excluding hydrogens is 344 g/mol. The van der Waals surface area contributed by atoms with Crippen molar-refractivity contribution in [2.24, 2.45) is 0 Å². The van der Waals surface area contributed by atoms with E-state index in [0.29, 0.717) is 12.5 Å². The third-order valence-corrected chi connectivity index (χ3v) is 5.18. The lowest BCUT2D eigenvalue weighted by Crippen LogP contribution is -2.31. The highest BCUT2D eigenvalue weighted by atomic mass is 16.6. The van der Waals surface area contributed by atoms with Crippen LogP contribution in [-0.4, -0.2) is 52.4 Å². The van der Waals surface area contributed by atoms with Gasteiger partial charge in [0.05, 0.1) is 5.69 Å². The highest BCUT2D eigenvalue weighted by Gasteiger charge is 2.30. The third-order valence-electron chi connectivity index (χ3n) is 5.18. The fourth-order valence-electron chi connectivity index (χ4n) is 3.80. The molecule has 8 heteroatoms. The average molecular weight is 370 g/mol. The Bertz CT molecular complexity index is 792. The van der Waals surface area contributed by atoms with E-state index in [0.717, 1.165) is 61.8 Å². The van der Waals surface area contributed by atoms with E-state index in [1.165, 1.54) is 0 Å². The van der Waals surface area contributed by atoms with Crippen molar-refractivity contribution < 1.29 is 9.53 Å². The quantitative estimate of drug-likeness (QED) is 0.660. The highest BCUT2D eigenvalue weighted by Crippen LogP contribution is 2.36. The van der Waals surface area contributed by atoms with Crippen LogP contribution in [0, 0.1) is 0 Å². The largest absolute Gasteiger partial charge is 0.446 e. The van der Waals surface area contributed by atoms with Gasteiger partial charge in [-0.25, -0.2) is 9.78 Å². The van der Waals surface area contributed by atoms with E-state index in [4.69, 9.17) is 4.74 Å². The van der Waals surface area contributed by atoms with Gasteiger partial charge in [0.25, 0.3) is 0 Å². The first-order valence-corrected chi connectivity index (χ1v) is 9.57. The monoisotopic (exact) mass is 370 g/mol. The molecule has 0 aromatic carbocycles. The first-order valence-electron chi connectivity index (χ1n) is 9.57. The van der Waals surface area contributed by atoms with Crippen molar-refractivity contribution in [3.05, 3.63) is 35.7 Å². The Morgan fingerprint density at radius 3 is 3.11 bits per heavy atom. The van der Waals surface area contributed by atoms with Gasteiger partial charge >= 0.3 is 6.09 Å². The normalized spacial score (nSPS) is 24.3. The lowest BCUT2D eigenvalue weighted by atomic mass is 10.0. The molecule has 27 heavy (non-hydrogen) atoms. The zero-order valence-corrected chi connectivity index (χ0v) is 15.6. The molecular formula is C19H26N6O2. The van der Waals surface area contributed by atoms with Crippen LogP contribution in [0.5, 0.6) is 0 Å². The summed E-state index contributed by atoms with van der Waals surface area (Å²) < 4.78 is 5.57. The molecule has 2 aromatic heterocycles. The number of alkyl carbamates (subject to hydrolysis) is 1. The summed E-state index contributed by atoms with van der Waals surface area (Å²) in [6.07, 6.45) is 3.21. The smallest absolute Gasteiger partial charge is 0.407 e. The number of carbonyl (C=O) groups excluding carboxylic acids is 1. The molecule has 1 aliphatic carbocycles. The Morgan fingerprint density at radius 1 is 1.26 bits per heavy atom. The molecule has 2 aliphatic rings. The number of nitrogens with one attached hydrogen (secondary N) is 3. The number of carbonyl (C=O) groups is 1. The summed E-state index contributed by atoms with van der Waals surface area (Å²) in [5, 5.41) is 13.6. The topological polar surface area (TPSA) is 95.2 Å². The first kappa shape index (κ1) is 17.8. The van der Waals surface area contributed by atoms with E-state index in [-0.39, 0.29) is 12.2 Å². The van der Waals surface area contributed by atoms with E-state index in [1.54, 1.807) is 0 Å². The zero-order chi connectivity index (χ0) is 18.6. The highest BCUT2D eigenvalue weighted by molar-refractivity contribution is 5.67. The van der Waals surface area contributed by atoms with Crippen LogP contribution in [0.15, 0.2) is 24.3 Å². The Balaban J connectivity index is 1.53. The van der Waals surface area contributed by atoms with Crippen LogP contribution in [0.3, 0.4) is 0 Å². The molecule has 0 unspecified atom stereocenters. The van der Waals surface area contributed by atoms with Crippen LogP contribution >= 0.6 is 0 Å². The van der Waals surface area contributed by atoms with E-state index in [1.807, 2.05) is 24.3 Å². The maximum absolute atomic E-state index is 12.0. The number of aromatic nitrogens is 3. The number of aromatic amines is 1. The molecule has 8 nitrogen and oxygen atoms in total. The van der Waals surface area contributed by atoms with Crippen molar-refractivity contribution in [2.45, 2.75) is 44.2 Å². The van der Waals surface area contributed by atoms with Crippen molar-refractivity contribution in [1.82, 2.24) is 25.4 Å². The van der Waals surface area contributed by atoms with Crippen LogP contribution in [0.4, 0.5) is 16.4 Å². The lowest BCUT2D eigenvalue weighted by molar-refractivity contribution is 0.0998. The summed E-state index contributed by atoms with van der Waals surface area (Å²) in [4.78, 5) is 18.9. The molecule has 1 amide bonds. The second-order valence-electron chi connectivity index (χ2n) is 7.40. The molecule has 1 fully saturated rings. The molecule has 2 aromatic rings. The predicted molar refractivity (Wildman–Crippen MR) is 102 cm³/mol. The van der Waals surface area contributed by atoms with E-state index < -0.39 is 0 Å². The van der Waals surface area contributed by atoms with E-state index in [9.17, 15) is 4.79 Å². The second kappa shape index (κ2) is 7.96. The molecule has 1 aliphatic heterocycles. The average Bonchev–Trinajstić information content (AvgIpc) is 3.28. The van der Waals surface area contributed by atoms with Crippen molar-refractivity contribution in [1.29, 1.82) is 0 Å². The van der Waals surface area contributed by atoms with Gasteiger partial charge in [0.1, 0.15) is 11.9 Å². The third kappa shape index (κ3) is 4.57. The van der Waals surface area contributed by atoms with Crippen LogP contribution in [0.2, 0.25) is 0 Å². The number of ether oxygens (including phenoxy) is 1. The summed E-state index contributed by atoms with van der Waals surface area (Å²) >= 11 is 0. The molecule has 2 atom stereocenters. The predicted octanol–water partition coefficient (Wildman–Crippen LogP) is 2.75. The minimum atomic E-state index is -0.314. The van der Waals surface area contributed by atoms with E-state index in [2.05, 4.69) is 37.8 Å². The summed E-state index contributed by atoms with van der Waals surface area (Å²) in [5.41, 5.74) is 2.06. The number of fused-ring (bicyclic) bond motifs is 7. The number of hydrogen-bond donors (Lipinski definition) is 3. The van der Waals surface area contributed by atoms with Gasteiger partial charge in [-0.2, -0.15) is 5.10 Å². The molecule has 1 saturated carbocycles. The van der Waals surface area contributed by atoms with Gasteiger partial charge in [0, 0.05) is 30.8 Å². The summed E-state index contributed by atoms with van der Waals surface area (Å²) in [5.74, 6) is 1.88. The maximum Gasteiger partial charge on any atom is 0.407 e. The van der Waals surface area contributed by atoms with Gasteiger partial charge in [-0.15, -0.1) is 0 Å². The van der Waals surface area contributed by atoms with Crippen LogP contribution in [-0.2, 0) is 11.3 Å². The number of anilines is 2. The van der Waals surface area contributed by atoms with Crippen molar-refractivity contribution in [3.63, 3.8) is 0 Å². The number of H-pyrrole nitrogens is 1. The van der Waals surface area contributed by atoms with Crippen LogP contribution < -0.4 is 10.6 Å². The zero-order valence-electron chi connectivity index (χ0n) is 15.6. The Morgan fingerprint density at radius 2 is 2.19 bits per heavy atom. The number of amides is 1. The minimum absolute atomic E-state index is 0.0328. The van der Waals surface area contributed by atoms with Gasteiger partial charge in [-0.1, -0.05) is 6.07 Å². The number of hydrogen-bond acceptors (Lipinski definition) is 6. The fourth-order valence-corrected chi connectivity index (χ4v) is 3.80. The van der Waals surface area contributed by atoms with Crippen molar-refractivity contribution in [2.75, 3.05) is 25.5 Å². The molecule has 0 spiro atoms. The SMILES string of the molecule is CN1CCCNC(=O)O[C@H]2CC[C@H](C2)c2cc(n[nH]2)Nc2cccc(n2)C1. The number of pyridine rings is 1. The molecule has 3 N–H and O–H groups in total. The van der Waals surface area contributed by atoms with Crippen LogP contribution in [0.1, 0.15) is 43.0 Å². The van der Waals surface area contributed by atoms with Gasteiger partial charge in [-0.3, -0.25) is 5.10 Å². The minimum Gasteiger partial charge on any atom is -0.446 e. The molecule has 144 valence electrons. The van der Waals surface area contributed by atoms with Gasteiger partial charge in [0.2, 0.25) is 0 Å². The Hall–Kier alpha value is -2.61. The standard InChI is InChI=1S/C19H26N6O2/c1-25-9-3-8-20-19(26)27-15-7-6-13(10-15)16-11-18(24-23-16)22-17-5-2-4-14(12-25)21-17/h2,4-5,11,13,15H,3,6-10,12H2,1H3,(H,20,26)(H2,21,22,23,24)/t13-,15+/m1/s1.